The summed E-state index contributed by atoms with van der Waals surface area (Å²) in [6.45, 7) is 0.541. The Labute approximate surface area is 138 Å². The van der Waals surface area contributed by atoms with E-state index in [0.717, 1.165) is 15.7 Å². The monoisotopic (exact) mass is 361 g/mol. The Morgan fingerprint density at radius 1 is 1.36 bits per heavy atom. The van der Waals surface area contributed by atoms with Gasteiger partial charge in [-0.1, -0.05) is 34.1 Å². The van der Waals surface area contributed by atoms with E-state index < -0.39 is 0 Å². The van der Waals surface area contributed by atoms with Crippen LogP contribution in [-0.2, 0) is 7.05 Å². The molecule has 1 aromatic heterocycles. The predicted octanol–water partition coefficient (Wildman–Crippen LogP) is 2.92. The minimum Gasteiger partial charge on any atom is -0.349 e. The highest BCUT2D eigenvalue weighted by molar-refractivity contribution is 9.10. The number of hydrogen-bond acceptors (Lipinski definition) is 2. The van der Waals surface area contributed by atoms with Crippen LogP contribution in [0.15, 0.2) is 40.9 Å². The Morgan fingerprint density at radius 3 is 2.77 bits per heavy atom. The Kier molecular flexibility index (Phi) is 4.36. The van der Waals surface area contributed by atoms with E-state index in [9.17, 15) is 4.79 Å². The number of amides is 1. The van der Waals surface area contributed by atoms with Gasteiger partial charge < -0.3 is 15.6 Å². The van der Waals surface area contributed by atoms with Crippen molar-refractivity contribution >= 4 is 21.8 Å². The van der Waals surface area contributed by atoms with E-state index in [1.165, 1.54) is 12.8 Å². The zero-order valence-corrected chi connectivity index (χ0v) is 14.1. The fourth-order valence-corrected chi connectivity index (χ4v) is 3.16. The summed E-state index contributed by atoms with van der Waals surface area (Å²) in [5, 5.41) is 2.94. The molecular weight excluding hydrogens is 342 g/mol. The fourth-order valence-electron chi connectivity index (χ4n) is 2.67. The number of benzene rings is 1. The van der Waals surface area contributed by atoms with Crippen LogP contribution >= 0.6 is 15.9 Å². The summed E-state index contributed by atoms with van der Waals surface area (Å²) in [5.41, 5.74) is 8.75. The zero-order chi connectivity index (χ0) is 15.7. The van der Waals surface area contributed by atoms with E-state index in [1.54, 1.807) is 0 Å². The number of nitrogens with zero attached hydrogens (tertiary/aromatic N) is 1. The van der Waals surface area contributed by atoms with Crippen molar-refractivity contribution in [1.82, 2.24) is 9.88 Å². The standard InChI is InChI=1S/C17H20BrN3O/c1-21-15(12-4-2-3-5-13(12)18)8-9-16(21)17(22)20-10-14(19)11-6-7-11/h2-5,8-9,11,14H,6-7,10,19H2,1H3,(H,20,22). The van der Waals surface area contributed by atoms with Crippen molar-refractivity contribution in [2.75, 3.05) is 6.54 Å². The first-order valence-electron chi connectivity index (χ1n) is 7.52. The van der Waals surface area contributed by atoms with Crippen LogP contribution < -0.4 is 11.1 Å². The van der Waals surface area contributed by atoms with Gasteiger partial charge >= 0.3 is 0 Å². The van der Waals surface area contributed by atoms with Crippen molar-refractivity contribution in [2.45, 2.75) is 18.9 Å². The quantitative estimate of drug-likeness (QED) is 0.859. The molecule has 22 heavy (non-hydrogen) atoms. The summed E-state index contributed by atoms with van der Waals surface area (Å²) in [5.74, 6) is 0.515. The molecule has 0 spiro atoms. The van der Waals surface area contributed by atoms with Gasteiger partial charge in [0, 0.05) is 35.4 Å². The number of carbonyl (C=O) groups excluding carboxylic acids is 1. The van der Waals surface area contributed by atoms with Crippen molar-refractivity contribution in [3.8, 4) is 11.3 Å². The summed E-state index contributed by atoms with van der Waals surface area (Å²) in [7, 11) is 1.91. The van der Waals surface area contributed by atoms with Gasteiger partial charge in [-0.2, -0.15) is 0 Å². The summed E-state index contributed by atoms with van der Waals surface area (Å²) >= 11 is 3.56. The first kappa shape index (κ1) is 15.3. The lowest BCUT2D eigenvalue weighted by Crippen LogP contribution is -2.39. The van der Waals surface area contributed by atoms with Crippen LogP contribution in [0.4, 0.5) is 0 Å². The molecule has 0 bridgehead atoms. The van der Waals surface area contributed by atoms with Crippen LogP contribution in [0.5, 0.6) is 0 Å². The minimum absolute atomic E-state index is 0.0723. The topological polar surface area (TPSA) is 60.0 Å². The molecule has 4 nitrogen and oxygen atoms in total. The summed E-state index contributed by atoms with van der Waals surface area (Å²) in [6, 6.07) is 11.9. The van der Waals surface area contributed by atoms with E-state index in [4.69, 9.17) is 5.73 Å². The minimum atomic E-state index is -0.0723. The Balaban J connectivity index is 1.75. The molecule has 1 aromatic carbocycles. The smallest absolute Gasteiger partial charge is 0.267 e. The Bertz CT molecular complexity index is 691. The lowest BCUT2D eigenvalue weighted by atomic mass is 10.1. The van der Waals surface area contributed by atoms with Crippen molar-refractivity contribution < 1.29 is 4.79 Å². The molecule has 0 saturated heterocycles. The largest absolute Gasteiger partial charge is 0.349 e. The fraction of sp³-hybridized carbons (Fsp3) is 0.353. The van der Waals surface area contributed by atoms with Crippen molar-refractivity contribution in [2.24, 2.45) is 18.7 Å². The molecule has 1 atom stereocenters. The average Bonchev–Trinajstić information content (AvgIpc) is 3.29. The first-order valence-corrected chi connectivity index (χ1v) is 8.31. The van der Waals surface area contributed by atoms with Gasteiger partial charge in [0.25, 0.3) is 5.91 Å². The molecule has 1 unspecified atom stereocenters. The average molecular weight is 362 g/mol. The third kappa shape index (κ3) is 3.10. The number of hydrogen-bond donors (Lipinski definition) is 2. The van der Waals surface area contributed by atoms with Gasteiger partial charge in [-0.3, -0.25) is 4.79 Å². The number of aromatic nitrogens is 1. The van der Waals surface area contributed by atoms with Gasteiger partial charge in [0.15, 0.2) is 0 Å². The van der Waals surface area contributed by atoms with Gasteiger partial charge in [-0.15, -0.1) is 0 Å². The number of nitrogens with one attached hydrogen (secondary N) is 1. The molecule has 0 aliphatic heterocycles. The second kappa shape index (κ2) is 6.26. The molecule has 3 N–H and O–H groups in total. The lowest BCUT2D eigenvalue weighted by molar-refractivity contribution is 0.0942. The maximum Gasteiger partial charge on any atom is 0.267 e. The molecule has 1 saturated carbocycles. The molecule has 3 rings (SSSR count). The van der Waals surface area contributed by atoms with Crippen LogP contribution in [0.25, 0.3) is 11.3 Å². The Morgan fingerprint density at radius 2 is 2.09 bits per heavy atom. The Hall–Kier alpha value is -1.59. The van der Waals surface area contributed by atoms with Crippen molar-refractivity contribution in [3.05, 3.63) is 46.6 Å². The highest BCUT2D eigenvalue weighted by Gasteiger charge is 2.28. The third-order valence-corrected chi connectivity index (χ3v) is 4.92. The molecule has 1 fully saturated rings. The van der Waals surface area contributed by atoms with Crippen LogP contribution in [0.3, 0.4) is 0 Å². The zero-order valence-electron chi connectivity index (χ0n) is 12.6. The molecule has 1 aliphatic rings. The van der Waals surface area contributed by atoms with Crippen LogP contribution in [0.1, 0.15) is 23.3 Å². The van der Waals surface area contributed by atoms with E-state index in [-0.39, 0.29) is 11.9 Å². The molecular formula is C17H20BrN3O. The maximum atomic E-state index is 12.3. The molecule has 0 radical (unpaired) electrons. The van der Waals surface area contributed by atoms with Gasteiger partial charge in [-0.25, -0.2) is 0 Å². The van der Waals surface area contributed by atoms with Gasteiger partial charge in [0.05, 0.1) is 0 Å². The van der Waals surface area contributed by atoms with E-state index in [2.05, 4.69) is 21.2 Å². The third-order valence-electron chi connectivity index (χ3n) is 4.23. The molecule has 2 aromatic rings. The summed E-state index contributed by atoms with van der Waals surface area (Å²) in [4.78, 5) is 12.3. The van der Waals surface area contributed by atoms with Crippen LogP contribution in [0, 0.1) is 5.92 Å². The van der Waals surface area contributed by atoms with Crippen molar-refractivity contribution in [3.63, 3.8) is 0 Å². The number of nitrogens with two attached hydrogens (primary N) is 1. The maximum absolute atomic E-state index is 12.3. The van der Waals surface area contributed by atoms with Gasteiger partial charge in [-0.05, 0) is 37.0 Å². The van der Waals surface area contributed by atoms with Crippen LogP contribution in [-0.4, -0.2) is 23.1 Å². The second-order valence-electron chi connectivity index (χ2n) is 5.85. The lowest BCUT2D eigenvalue weighted by Gasteiger charge is -2.13. The van der Waals surface area contributed by atoms with Gasteiger partial charge in [0.1, 0.15) is 5.69 Å². The number of carbonyl (C=O) groups is 1. The highest BCUT2D eigenvalue weighted by atomic mass is 79.9. The SMILES string of the molecule is Cn1c(C(=O)NCC(N)C2CC2)ccc1-c1ccccc1Br. The predicted molar refractivity (Wildman–Crippen MR) is 91.6 cm³/mol. The normalized spacial score (nSPS) is 15.6. The molecule has 1 amide bonds. The number of rotatable bonds is 5. The number of halogens is 1. The second-order valence-corrected chi connectivity index (χ2v) is 6.71. The first-order chi connectivity index (χ1) is 10.6. The van der Waals surface area contributed by atoms with E-state index >= 15 is 0 Å². The molecule has 1 aliphatic carbocycles. The molecule has 5 heteroatoms. The highest BCUT2D eigenvalue weighted by Crippen LogP contribution is 2.31. The van der Waals surface area contributed by atoms with Crippen LogP contribution in [0.2, 0.25) is 0 Å². The summed E-state index contributed by atoms with van der Waals surface area (Å²) < 4.78 is 2.93. The molecule has 1 heterocycles. The van der Waals surface area contributed by atoms with Crippen molar-refractivity contribution in [1.29, 1.82) is 0 Å². The molecule has 116 valence electrons. The summed E-state index contributed by atoms with van der Waals surface area (Å²) in [6.07, 6.45) is 2.38. The van der Waals surface area contributed by atoms with E-state index in [0.29, 0.717) is 18.2 Å². The van der Waals surface area contributed by atoms with Gasteiger partial charge in [0.2, 0.25) is 0 Å². The van der Waals surface area contributed by atoms with E-state index in [1.807, 2.05) is 48.0 Å².